The minimum atomic E-state index is -0.317. The van der Waals surface area contributed by atoms with E-state index in [9.17, 15) is 4.79 Å². The van der Waals surface area contributed by atoms with Gasteiger partial charge in [-0.1, -0.05) is 0 Å². The number of nitrogens with one attached hydrogen (secondary N) is 1. The van der Waals surface area contributed by atoms with E-state index >= 15 is 0 Å². The van der Waals surface area contributed by atoms with Crippen molar-refractivity contribution in [1.82, 2.24) is 9.78 Å². The van der Waals surface area contributed by atoms with Crippen molar-refractivity contribution >= 4 is 39.0 Å². The lowest BCUT2D eigenvalue weighted by Crippen LogP contribution is -2.14. The van der Waals surface area contributed by atoms with Crippen molar-refractivity contribution in [2.75, 3.05) is 5.32 Å². The fraction of sp³-hybridized carbons (Fsp3) is 0.273. The standard InChI is InChI=1S/C11H13BrN4OS/c12-8-3-6-18-9(8)7-14-11-2-5-16(15-11)4-1-10(13)17/h2-3,5-6H,1,4,7H2,(H2,13,17)(H,14,15). The van der Waals surface area contributed by atoms with Crippen LogP contribution in [0.2, 0.25) is 0 Å². The normalized spacial score (nSPS) is 10.5. The number of amides is 1. The molecule has 0 saturated heterocycles. The highest BCUT2D eigenvalue weighted by molar-refractivity contribution is 9.10. The van der Waals surface area contributed by atoms with Gasteiger partial charge < -0.3 is 11.1 Å². The molecular weight excluding hydrogens is 316 g/mol. The number of nitrogens with zero attached hydrogens (tertiary/aromatic N) is 2. The summed E-state index contributed by atoms with van der Waals surface area (Å²) < 4.78 is 2.81. The number of aryl methyl sites for hydroxylation is 1. The smallest absolute Gasteiger partial charge is 0.219 e. The average Bonchev–Trinajstić information content (AvgIpc) is 2.93. The van der Waals surface area contributed by atoms with Gasteiger partial charge in [-0.3, -0.25) is 9.48 Å². The molecule has 18 heavy (non-hydrogen) atoms. The van der Waals surface area contributed by atoms with Crippen molar-refractivity contribution in [2.24, 2.45) is 5.73 Å². The number of halogens is 1. The molecule has 0 saturated carbocycles. The van der Waals surface area contributed by atoms with Gasteiger partial charge in [-0.05, 0) is 27.4 Å². The van der Waals surface area contributed by atoms with E-state index in [1.54, 1.807) is 16.0 Å². The zero-order chi connectivity index (χ0) is 13.0. The van der Waals surface area contributed by atoms with Crippen LogP contribution in [0.1, 0.15) is 11.3 Å². The second kappa shape index (κ2) is 6.01. The lowest BCUT2D eigenvalue weighted by atomic mass is 10.4. The fourth-order valence-corrected chi connectivity index (χ4v) is 2.86. The number of rotatable bonds is 6. The van der Waals surface area contributed by atoms with E-state index in [4.69, 9.17) is 5.73 Å². The Morgan fingerprint density at radius 2 is 2.39 bits per heavy atom. The lowest BCUT2D eigenvalue weighted by Gasteiger charge is -2.02. The number of anilines is 1. The Bertz CT molecular complexity index is 537. The summed E-state index contributed by atoms with van der Waals surface area (Å²) >= 11 is 5.16. The van der Waals surface area contributed by atoms with Crippen LogP contribution < -0.4 is 11.1 Å². The number of hydrogen-bond acceptors (Lipinski definition) is 4. The molecule has 0 unspecified atom stereocenters. The second-order valence-electron chi connectivity index (χ2n) is 3.73. The summed E-state index contributed by atoms with van der Waals surface area (Å²) in [5.41, 5.74) is 5.09. The van der Waals surface area contributed by atoms with Gasteiger partial charge in [0.2, 0.25) is 5.91 Å². The summed E-state index contributed by atoms with van der Waals surface area (Å²) in [6.07, 6.45) is 2.13. The summed E-state index contributed by atoms with van der Waals surface area (Å²) in [6, 6.07) is 3.90. The maximum atomic E-state index is 10.7. The Morgan fingerprint density at radius 3 is 3.06 bits per heavy atom. The molecule has 0 bridgehead atoms. The molecule has 0 aromatic carbocycles. The van der Waals surface area contributed by atoms with Crippen molar-refractivity contribution in [2.45, 2.75) is 19.5 Å². The molecule has 1 amide bonds. The maximum absolute atomic E-state index is 10.7. The van der Waals surface area contributed by atoms with Crippen molar-refractivity contribution in [1.29, 1.82) is 0 Å². The highest BCUT2D eigenvalue weighted by Gasteiger charge is 2.03. The first kappa shape index (κ1) is 13.1. The number of aromatic nitrogens is 2. The zero-order valence-electron chi connectivity index (χ0n) is 9.60. The van der Waals surface area contributed by atoms with Crippen molar-refractivity contribution in [3.05, 3.63) is 33.1 Å². The van der Waals surface area contributed by atoms with E-state index in [-0.39, 0.29) is 5.91 Å². The van der Waals surface area contributed by atoms with Crippen LogP contribution in [0.3, 0.4) is 0 Å². The topological polar surface area (TPSA) is 72.9 Å². The van der Waals surface area contributed by atoms with Gasteiger partial charge in [0.15, 0.2) is 0 Å². The van der Waals surface area contributed by atoms with E-state index in [0.717, 1.165) is 16.8 Å². The molecule has 5 nitrogen and oxygen atoms in total. The molecule has 96 valence electrons. The largest absolute Gasteiger partial charge is 0.370 e. The molecule has 0 aliphatic heterocycles. The summed E-state index contributed by atoms with van der Waals surface area (Å²) in [4.78, 5) is 11.9. The monoisotopic (exact) mass is 328 g/mol. The van der Waals surface area contributed by atoms with Crippen LogP contribution in [-0.2, 0) is 17.9 Å². The van der Waals surface area contributed by atoms with Crippen LogP contribution in [0.5, 0.6) is 0 Å². The quantitative estimate of drug-likeness (QED) is 0.853. The summed E-state index contributed by atoms with van der Waals surface area (Å²) in [5.74, 6) is 0.474. The molecule has 3 N–H and O–H groups in total. The molecule has 2 aromatic rings. The van der Waals surface area contributed by atoms with Gasteiger partial charge in [0.25, 0.3) is 0 Å². The van der Waals surface area contributed by atoms with Gasteiger partial charge in [-0.15, -0.1) is 11.3 Å². The third kappa shape index (κ3) is 3.58. The van der Waals surface area contributed by atoms with Gasteiger partial charge in [-0.2, -0.15) is 5.10 Å². The fourth-order valence-electron chi connectivity index (χ4n) is 1.43. The zero-order valence-corrected chi connectivity index (χ0v) is 12.0. The van der Waals surface area contributed by atoms with Crippen LogP contribution in [0, 0.1) is 0 Å². The first-order valence-electron chi connectivity index (χ1n) is 5.42. The molecule has 0 radical (unpaired) electrons. The Kier molecular flexibility index (Phi) is 4.38. The van der Waals surface area contributed by atoms with Gasteiger partial charge >= 0.3 is 0 Å². The van der Waals surface area contributed by atoms with E-state index in [2.05, 4.69) is 26.3 Å². The number of primary amides is 1. The predicted octanol–water partition coefficient (Wildman–Crippen LogP) is 2.19. The van der Waals surface area contributed by atoms with Gasteiger partial charge in [0, 0.05) is 34.6 Å². The van der Waals surface area contributed by atoms with Crippen LogP contribution >= 0.6 is 27.3 Å². The Morgan fingerprint density at radius 1 is 1.56 bits per heavy atom. The lowest BCUT2D eigenvalue weighted by molar-refractivity contribution is -0.118. The molecule has 2 heterocycles. The average molecular weight is 329 g/mol. The third-order valence-corrected chi connectivity index (χ3v) is 4.28. The molecule has 7 heteroatoms. The Labute approximate surface area is 117 Å². The number of nitrogens with two attached hydrogens (primary N) is 1. The minimum Gasteiger partial charge on any atom is -0.370 e. The molecular formula is C11H13BrN4OS. The Hall–Kier alpha value is -1.34. The third-order valence-electron chi connectivity index (χ3n) is 2.35. The van der Waals surface area contributed by atoms with E-state index in [1.807, 2.05) is 23.7 Å². The van der Waals surface area contributed by atoms with E-state index in [1.165, 1.54) is 4.88 Å². The highest BCUT2D eigenvalue weighted by Crippen LogP contribution is 2.23. The Balaban J connectivity index is 1.87. The van der Waals surface area contributed by atoms with E-state index < -0.39 is 0 Å². The van der Waals surface area contributed by atoms with Crippen LogP contribution in [-0.4, -0.2) is 15.7 Å². The first-order valence-corrected chi connectivity index (χ1v) is 7.10. The maximum Gasteiger partial charge on any atom is 0.219 e. The van der Waals surface area contributed by atoms with Crippen LogP contribution in [0.15, 0.2) is 28.2 Å². The van der Waals surface area contributed by atoms with Crippen LogP contribution in [0.25, 0.3) is 0 Å². The van der Waals surface area contributed by atoms with Crippen LogP contribution in [0.4, 0.5) is 5.82 Å². The van der Waals surface area contributed by atoms with Gasteiger partial charge in [0.1, 0.15) is 5.82 Å². The van der Waals surface area contributed by atoms with Crippen molar-refractivity contribution < 1.29 is 4.79 Å². The molecule has 0 spiro atoms. The number of thiophene rings is 1. The van der Waals surface area contributed by atoms with Crippen molar-refractivity contribution in [3.8, 4) is 0 Å². The van der Waals surface area contributed by atoms with E-state index in [0.29, 0.717) is 13.0 Å². The highest BCUT2D eigenvalue weighted by atomic mass is 79.9. The summed E-state index contributed by atoms with van der Waals surface area (Å²) in [5, 5.41) is 9.56. The summed E-state index contributed by atoms with van der Waals surface area (Å²) in [6.45, 7) is 1.24. The van der Waals surface area contributed by atoms with Gasteiger partial charge in [-0.25, -0.2) is 0 Å². The molecule has 0 aliphatic carbocycles. The molecule has 0 fully saturated rings. The minimum absolute atomic E-state index is 0.303. The molecule has 2 rings (SSSR count). The van der Waals surface area contributed by atoms with Crippen molar-refractivity contribution in [3.63, 3.8) is 0 Å². The first-order chi connectivity index (χ1) is 8.65. The number of carbonyl (C=O) groups excluding carboxylic acids is 1. The second-order valence-corrected chi connectivity index (χ2v) is 5.58. The summed E-state index contributed by atoms with van der Waals surface area (Å²) in [7, 11) is 0. The number of hydrogen-bond donors (Lipinski definition) is 2. The predicted molar refractivity (Wildman–Crippen MR) is 75.4 cm³/mol. The number of carbonyl (C=O) groups is 1. The molecule has 0 aliphatic rings. The molecule has 0 atom stereocenters. The van der Waals surface area contributed by atoms with Gasteiger partial charge in [0.05, 0.1) is 6.54 Å². The molecule has 2 aromatic heterocycles. The SMILES string of the molecule is NC(=O)CCn1ccc(NCc2sccc2Br)n1.